The minimum atomic E-state index is -0.0890. The molecule has 0 atom stereocenters. The van der Waals surface area contributed by atoms with Gasteiger partial charge >= 0.3 is 0 Å². The summed E-state index contributed by atoms with van der Waals surface area (Å²) < 4.78 is 0. The topological polar surface area (TPSA) is 180 Å². The second-order valence-electron chi connectivity index (χ2n) is 19.9. The number of benzene rings is 2. The van der Waals surface area contributed by atoms with Gasteiger partial charge in [-0.05, 0) is 83.0 Å². The van der Waals surface area contributed by atoms with Crippen molar-refractivity contribution in [2.24, 2.45) is 23.7 Å². The molecule has 8 bridgehead atoms. The number of hydrogen-bond donors (Lipinski definition) is 6. The van der Waals surface area contributed by atoms with Gasteiger partial charge in [-0.15, -0.1) is 0 Å². The minimum absolute atomic E-state index is 0.0235. The zero-order chi connectivity index (χ0) is 51.3. The quantitative estimate of drug-likeness (QED) is 0.0391. The molecule has 7 rings (SSSR count). The smallest absolute Gasteiger partial charge is 0.222 e. The second kappa shape index (κ2) is 24.8. The monoisotopic (exact) mass is 973 g/mol. The second-order valence-corrected chi connectivity index (χ2v) is 19.9. The first-order valence-corrected chi connectivity index (χ1v) is 25.4. The summed E-state index contributed by atoms with van der Waals surface area (Å²) >= 11 is 0. The number of carbonyl (C=O) groups excluding carboxylic acids is 4. The van der Waals surface area contributed by atoms with Gasteiger partial charge in [0.1, 0.15) is 0 Å². The Bertz CT molecular complexity index is 2680. The van der Waals surface area contributed by atoms with Gasteiger partial charge in [-0.3, -0.25) is 29.0 Å². The highest BCUT2D eigenvalue weighted by molar-refractivity contribution is 5.93. The van der Waals surface area contributed by atoms with E-state index in [1.54, 1.807) is 0 Å². The number of fused-ring (bicyclic) bond motifs is 8. The largest absolute Gasteiger partial charge is 0.355 e. The van der Waals surface area contributed by atoms with Gasteiger partial charge < -0.3 is 31.2 Å². The van der Waals surface area contributed by atoms with Gasteiger partial charge in [0.15, 0.2) is 0 Å². The predicted molar refractivity (Wildman–Crippen MR) is 292 cm³/mol. The Hall–Kier alpha value is -7.16. The normalized spacial score (nSPS) is 12.2. The fraction of sp³-hybridized carbons (Fsp3) is 0.379. The molecule has 5 aromatic rings. The van der Waals surface area contributed by atoms with E-state index in [0.717, 1.165) is 78.2 Å². The van der Waals surface area contributed by atoms with Crippen molar-refractivity contribution in [3.63, 3.8) is 0 Å². The molecule has 72 heavy (non-hydrogen) atoms. The van der Waals surface area contributed by atoms with Gasteiger partial charge in [-0.25, -0.2) is 9.97 Å². The molecule has 14 nitrogen and oxygen atoms in total. The van der Waals surface area contributed by atoms with Crippen molar-refractivity contribution in [3.8, 4) is 22.3 Å². The summed E-state index contributed by atoms with van der Waals surface area (Å²) in [7, 11) is 0. The summed E-state index contributed by atoms with van der Waals surface area (Å²) in [5.41, 5.74) is 13.2. The third-order valence-electron chi connectivity index (χ3n) is 12.7. The van der Waals surface area contributed by atoms with Crippen LogP contribution in [0.15, 0.2) is 84.9 Å². The van der Waals surface area contributed by atoms with Gasteiger partial charge in [0.05, 0.1) is 22.8 Å². The fourth-order valence-corrected chi connectivity index (χ4v) is 8.46. The molecular weight excluding hydrogens is 901 g/mol. The lowest BCUT2D eigenvalue weighted by Gasteiger charge is -2.23. The number of nitrogens with one attached hydrogen (secondary N) is 6. The first kappa shape index (κ1) is 52.7. The van der Waals surface area contributed by atoms with Crippen LogP contribution in [-0.2, 0) is 32.3 Å². The lowest BCUT2D eigenvalue weighted by molar-refractivity contribution is -0.125. The Kier molecular flexibility index (Phi) is 18.1. The van der Waals surface area contributed by atoms with Crippen LogP contribution in [-0.4, -0.2) is 106 Å². The molecule has 2 aliphatic rings. The number of aromatic nitrogens is 4. The molecular formula is C58H72N10O4. The summed E-state index contributed by atoms with van der Waals surface area (Å²) in [6.07, 6.45) is 8.21. The molecule has 378 valence electrons. The number of rotatable bonds is 22. The van der Waals surface area contributed by atoms with Crippen molar-refractivity contribution >= 4 is 70.0 Å². The minimum Gasteiger partial charge on any atom is -0.355 e. The van der Waals surface area contributed by atoms with E-state index in [2.05, 4.69) is 138 Å². The summed E-state index contributed by atoms with van der Waals surface area (Å²) in [6, 6.07) is 29.5. The molecule has 14 heteroatoms. The number of nitrogens with zero attached hydrogens (tertiary/aromatic N) is 4. The highest BCUT2D eigenvalue weighted by atomic mass is 16.2. The molecule has 0 spiro atoms. The van der Waals surface area contributed by atoms with Crippen molar-refractivity contribution in [2.45, 2.75) is 68.5 Å². The van der Waals surface area contributed by atoms with Crippen LogP contribution < -0.4 is 21.3 Å². The first-order valence-electron chi connectivity index (χ1n) is 25.4. The van der Waals surface area contributed by atoms with Crippen molar-refractivity contribution in [1.29, 1.82) is 0 Å². The average Bonchev–Trinajstić information content (AvgIpc) is 4.20. The van der Waals surface area contributed by atoms with Gasteiger partial charge in [0, 0.05) is 122 Å². The fourth-order valence-electron chi connectivity index (χ4n) is 8.46. The van der Waals surface area contributed by atoms with Crippen LogP contribution >= 0.6 is 0 Å². The molecule has 2 aromatic carbocycles. The molecule has 0 radical (unpaired) electrons. The molecule has 3 aromatic heterocycles. The highest BCUT2D eigenvalue weighted by Crippen LogP contribution is 2.33. The lowest BCUT2D eigenvalue weighted by Crippen LogP contribution is -2.40. The average molecular weight is 973 g/mol. The van der Waals surface area contributed by atoms with Crippen molar-refractivity contribution in [1.82, 2.24) is 51.0 Å². The van der Waals surface area contributed by atoms with Crippen LogP contribution in [0.3, 0.4) is 0 Å². The van der Waals surface area contributed by atoms with E-state index in [9.17, 15) is 19.2 Å². The maximum absolute atomic E-state index is 12.3. The van der Waals surface area contributed by atoms with Crippen LogP contribution in [0, 0.1) is 23.7 Å². The maximum atomic E-state index is 12.3. The Morgan fingerprint density at radius 3 is 1.07 bits per heavy atom. The number of carbonyl (C=O) groups is 4. The standard InChI is InChI=1S/C58H72N10O4/c1-37(2)55(69)59-25-29-67(30-26-60-56(70)38(3)4)35-41-9-13-43(14-10-41)53-49-21-17-45(63-49)33-47-19-23-51(65-47)54(52-24-20-48(66-52)34-46-18-22-50(53)64-46)44-15-11-42(12-16-44)36-68(31-27-61-57(71)39(5)6)32-28-62-58(72)40(7)8/h9-24,33-34,37-40,63,66H,25-32,35-36H2,1-8H3,(H,59,69)(H,60,70)(H,61,71)(H,62,72). The van der Waals surface area contributed by atoms with Crippen LogP contribution in [0.2, 0.25) is 0 Å². The van der Waals surface area contributed by atoms with E-state index >= 15 is 0 Å². The van der Waals surface area contributed by atoms with Gasteiger partial charge in [0.25, 0.3) is 0 Å². The zero-order valence-corrected chi connectivity index (χ0v) is 43.2. The van der Waals surface area contributed by atoms with Crippen LogP contribution in [0.25, 0.3) is 68.6 Å². The Labute approximate surface area is 424 Å². The Morgan fingerprint density at radius 1 is 0.444 bits per heavy atom. The highest BCUT2D eigenvalue weighted by Gasteiger charge is 2.17. The van der Waals surface area contributed by atoms with E-state index < -0.39 is 0 Å². The van der Waals surface area contributed by atoms with E-state index in [0.29, 0.717) is 65.4 Å². The number of hydrogen-bond acceptors (Lipinski definition) is 8. The zero-order valence-electron chi connectivity index (χ0n) is 43.2. The van der Waals surface area contributed by atoms with Crippen molar-refractivity contribution in [2.75, 3.05) is 52.4 Å². The summed E-state index contributed by atoms with van der Waals surface area (Å²) in [5.74, 6) is -0.262. The first-order chi connectivity index (χ1) is 34.6. The van der Waals surface area contributed by atoms with E-state index in [-0.39, 0.29) is 47.3 Å². The van der Waals surface area contributed by atoms with E-state index in [1.807, 2.05) is 67.5 Å². The predicted octanol–water partition coefficient (Wildman–Crippen LogP) is 8.68. The van der Waals surface area contributed by atoms with Gasteiger partial charge in [-0.1, -0.05) is 104 Å². The van der Waals surface area contributed by atoms with Crippen LogP contribution in [0.5, 0.6) is 0 Å². The van der Waals surface area contributed by atoms with Gasteiger partial charge in [-0.2, -0.15) is 0 Å². The third kappa shape index (κ3) is 14.5. The molecule has 0 aliphatic carbocycles. The molecule has 0 unspecified atom stereocenters. The summed E-state index contributed by atoms with van der Waals surface area (Å²) in [5, 5.41) is 12.1. The summed E-state index contributed by atoms with van der Waals surface area (Å²) in [6.45, 7) is 21.1. The molecule has 5 heterocycles. The lowest BCUT2D eigenvalue weighted by atomic mass is 10.0. The SMILES string of the molecule is CC(C)C(=O)NCCN(CCNC(=O)C(C)C)Cc1ccc(-c2c3nc(cc4ccc([nH]4)c(-c4ccc(CN(CCNC(=O)C(C)C)CCNC(=O)C(C)C)cc4)c4nc(cc5ccc2[nH]5)C=C4)C=C3)cc1. The van der Waals surface area contributed by atoms with Gasteiger partial charge in [0.2, 0.25) is 23.6 Å². The molecule has 0 fully saturated rings. The molecule has 0 saturated heterocycles. The third-order valence-corrected chi connectivity index (χ3v) is 12.7. The summed E-state index contributed by atoms with van der Waals surface area (Å²) in [4.78, 5) is 71.5. The Morgan fingerprint density at radius 2 is 0.764 bits per heavy atom. The van der Waals surface area contributed by atoms with Crippen LogP contribution in [0.4, 0.5) is 0 Å². The number of aromatic amines is 2. The van der Waals surface area contributed by atoms with E-state index in [1.165, 1.54) is 0 Å². The molecule has 2 aliphatic heterocycles. The molecule has 6 N–H and O–H groups in total. The Balaban J connectivity index is 1.17. The number of amides is 4. The molecule has 4 amide bonds. The maximum Gasteiger partial charge on any atom is 0.222 e. The van der Waals surface area contributed by atoms with Crippen molar-refractivity contribution in [3.05, 3.63) is 119 Å². The van der Waals surface area contributed by atoms with Crippen molar-refractivity contribution < 1.29 is 19.2 Å². The van der Waals surface area contributed by atoms with Crippen LogP contribution in [0.1, 0.15) is 89.3 Å². The molecule has 0 saturated carbocycles. The van der Waals surface area contributed by atoms with E-state index in [4.69, 9.17) is 9.97 Å². The number of H-pyrrole nitrogens is 2.